The highest BCUT2D eigenvalue weighted by Crippen LogP contribution is 2.27. The molecule has 0 aliphatic carbocycles. The second-order valence-electron chi connectivity index (χ2n) is 6.17. The Bertz CT molecular complexity index is 859. The van der Waals surface area contributed by atoms with Gasteiger partial charge in [0.05, 0.1) is 22.2 Å². The van der Waals surface area contributed by atoms with Gasteiger partial charge < -0.3 is 20.3 Å². The van der Waals surface area contributed by atoms with E-state index in [4.69, 9.17) is 16.3 Å². The van der Waals surface area contributed by atoms with Crippen molar-refractivity contribution in [3.05, 3.63) is 45.1 Å². The first kappa shape index (κ1) is 22.0. The highest BCUT2D eigenvalue weighted by Gasteiger charge is 2.23. The van der Waals surface area contributed by atoms with E-state index in [1.807, 2.05) is 0 Å². The Morgan fingerprint density at radius 3 is 2.72 bits per heavy atom. The van der Waals surface area contributed by atoms with Gasteiger partial charge in [-0.2, -0.15) is 5.26 Å². The van der Waals surface area contributed by atoms with E-state index < -0.39 is 10.8 Å². The van der Waals surface area contributed by atoms with Gasteiger partial charge in [0.25, 0.3) is 11.6 Å². The van der Waals surface area contributed by atoms with Gasteiger partial charge in [0, 0.05) is 37.5 Å². The number of halogens is 1. The van der Waals surface area contributed by atoms with E-state index in [0.29, 0.717) is 32.5 Å². The van der Waals surface area contributed by atoms with E-state index >= 15 is 0 Å². The summed E-state index contributed by atoms with van der Waals surface area (Å²) in [5.41, 5.74) is -0.408. The number of piperidine rings is 1. The lowest BCUT2D eigenvalue weighted by Gasteiger charge is -2.31. The normalized spacial score (nSPS) is 14.7. The van der Waals surface area contributed by atoms with Crippen molar-refractivity contribution in [2.24, 2.45) is 0 Å². The highest BCUT2D eigenvalue weighted by molar-refractivity contribution is 6.34. The Hall–Kier alpha value is -3.32. The second kappa shape index (κ2) is 10.3. The molecule has 0 bridgehead atoms. The van der Waals surface area contributed by atoms with Gasteiger partial charge in [0.15, 0.2) is 0 Å². The molecule has 1 heterocycles. The van der Waals surface area contributed by atoms with Gasteiger partial charge in [-0.3, -0.25) is 14.9 Å². The number of hydrogen-bond acceptors (Lipinski definition) is 7. The van der Waals surface area contributed by atoms with E-state index in [1.165, 1.54) is 18.3 Å². The lowest BCUT2D eigenvalue weighted by atomic mass is 10.1. The predicted octanol–water partition coefficient (Wildman–Crippen LogP) is 2.80. The molecule has 0 aromatic heterocycles. The number of carbonyl (C=O) groups excluding carboxylic acids is 2. The minimum atomic E-state index is -0.744. The summed E-state index contributed by atoms with van der Waals surface area (Å²) in [6.45, 7) is 3.06. The van der Waals surface area contributed by atoms with Crippen LogP contribution in [0.5, 0.6) is 0 Å². The molecule has 0 atom stereocenters. The molecule has 11 heteroatoms. The number of nitro benzene ring substituents is 1. The van der Waals surface area contributed by atoms with Crippen LogP contribution in [0.3, 0.4) is 0 Å². The molecule has 0 spiro atoms. The third-order valence-corrected chi connectivity index (χ3v) is 4.59. The zero-order chi connectivity index (χ0) is 21.4. The molecule has 2 rings (SSSR count). The summed E-state index contributed by atoms with van der Waals surface area (Å²) in [6, 6.07) is 5.39. The largest absolute Gasteiger partial charge is 0.450 e. The molecule has 29 heavy (non-hydrogen) atoms. The third-order valence-electron chi connectivity index (χ3n) is 4.26. The second-order valence-corrected chi connectivity index (χ2v) is 6.58. The van der Waals surface area contributed by atoms with Gasteiger partial charge >= 0.3 is 6.09 Å². The summed E-state index contributed by atoms with van der Waals surface area (Å²) < 4.78 is 4.96. The zero-order valence-electron chi connectivity index (χ0n) is 15.7. The van der Waals surface area contributed by atoms with Crippen LogP contribution in [0.4, 0.5) is 16.2 Å². The quantitative estimate of drug-likeness (QED) is 0.311. The van der Waals surface area contributed by atoms with Gasteiger partial charge in [-0.15, -0.1) is 0 Å². The summed E-state index contributed by atoms with van der Waals surface area (Å²) in [5.74, 6) is -0.744. The number of amides is 2. The monoisotopic (exact) mass is 421 g/mol. The number of rotatable bonds is 6. The van der Waals surface area contributed by atoms with Crippen LogP contribution in [-0.4, -0.2) is 47.6 Å². The van der Waals surface area contributed by atoms with Crippen molar-refractivity contribution >= 4 is 35.0 Å². The van der Waals surface area contributed by atoms with Gasteiger partial charge in [0.1, 0.15) is 11.6 Å². The van der Waals surface area contributed by atoms with Crippen LogP contribution in [0.15, 0.2) is 30.0 Å². The van der Waals surface area contributed by atoms with Crippen LogP contribution in [0.1, 0.15) is 19.8 Å². The Kier molecular flexibility index (Phi) is 7.79. The molecule has 0 saturated carbocycles. The maximum absolute atomic E-state index is 12.3. The SMILES string of the molecule is CCOC(=O)N1CCC(N/C=C(/C#N)C(=O)Nc2cc([N+](=O)[O-])ccc2Cl)CC1. The Balaban J connectivity index is 1.96. The van der Waals surface area contributed by atoms with Crippen molar-refractivity contribution in [2.45, 2.75) is 25.8 Å². The van der Waals surface area contributed by atoms with Crippen molar-refractivity contribution in [2.75, 3.05) is 25.0 Å². The Labute approximate surface area is 172 Å². The molecule has 1 saturated heterocycles. The fourth-order valence-corrected chi connectivity index (χ4v) is 2.87. The minimum absolute atomic E-state index is 0.0155. The number of nitro groups is 1. The summed E-state index contributed by atoms with van der Waals surface area (Å²) in [4.78, 5) is 35.9. The average Bonchev–Trinajstić information content (AvgIpc) is 2.70. The minimum Gasteiger partial charge on any atom is -0.450 e. The van der Waals surface area contributed by atoms with Gasteiger partial charge in [0.2, 0.25) is 0 Å². The van der Waals surface area contributed by atoms with Crippen LogP contribution in [0.2, 0.25) is 5.02 Å². The van der Waals surface area contributed by atoms with E-state index in [2.05, 4.69) is 10.6 Å². The first-order chi connectivity index (χ1) is 13.8. The Morgan fingerprint density at radius 1 is 1.45 bits per heavy atom. The fraction of sp³-hybridized carbons (Fsp3) is 0.389. The Morgan fingerprint density at radius 2 is 2.14 bits per heavy atom. The number of nitrogens with zero attached hydrogens (tertiary/aromatic N) is 3. The molecule has 1 fully saturated rings. The number of likely N-dealkylation sites (tertiary alicyclic amines) is 1. The molecule has 0 unspecified atom stereocenters. The summed E-state index contributed by atoms with van der Waals surface area (Å²) in [5, 5.41) is 25.6. The van der Waals surface area contributed by atoms with E-state index in [0.717, 1.165) is 6.07 Å². The number of non-ortho nitro benzene ring substituents is 1. The number of carbonyl (C=O) groups is 2. The lowest BCUT2D eigenvalue weighted by molar-refractivity contribution is -0.384. The topological polar surface area (TPSA) is 138 Å². The highest BCUT2D eigenvalue weighted by atomic mass is 35.5. The summed E-state index contributed by atoms with van der Waals surface area (Å²) >= 11 is 5.96. The molecular weight excluding hydrogens is 402 g/mol. The lowest BCUT2D eigenvalue weighted by Crippen LogP contribution is -2.44. The predicted molar refractivity (Wildman–Crippen MR) is 105 cm³/mol. The molecule has 0 radical (unpaired) electrons. The van der Waals surface area contributed by atoms with Crippen LogP contribution in [0, 0.1) is 21.4 Å². The molecule has 1 aliphatic heterocycles. The van der Waals surface area contributed by atoms with Crippen LogP contribution in [-0.2, 0) is 9.53 Å². The van der Waals surface area contributed by atoms with Crippen molar-refractivity contribution in [1.29, 1.82) is 5.26 Å². The number of hydrogen-bond donors (Lipinski definition) is 2. The van der Waals surface area contributed by atoms with Gasteiger partial charge in [-0.25, -0.2) is 4.79 Å². The average molecular weight is 422 g/mol. The number of benzene rings is 1. The van der Waals surface area contributed by atoms with Crippen molar-refractivity contribution in [1.82, 2.24) is 10.2 Å². The number of anilines is 1. The molecule has 1 aromatic carbocycles. The molecule has 1 aliphatic rings. The molecule has 1 aromatic rings. The van der Waals surface area contributed by atoms with Crippen molar-refractivity contribution < 1.29 is 19.2 Å². The van der Waals surface area contributed by atoms with Crippen molar-refractivity contribution in [3.63, 3.8) is 0 Å². The number of nitrogens with one attached hydrogen (secondary N) is 2. The maximum atomic E-state index is 12.3. The van der Waals surface area contributed by atoms with E-state index in [9.17, 15) is 25.0 Å². The van der Waals surface area contributed by atoms with Crippen LogP contribution < -0.4 is 10.6 Å². The molecular formula is C18H20ClN5O5. The van der Waals surface area contributed by atoms with Gasteiger partial charge in [-0.05, 0) is 25.8 Å². The van der Waals surface area contributed by atoms with Crippen molar-refractivity contribution in [3.8, 4) is 6.07 Å². The smallest absolute Gasteiger partial charge is 0.409 e. The van der Waals surface area contributed by atoms with Crippen LogP contribution >= 0.6 is 11.6 Å². The molecule has 154 valence electrons. The van der Waals surface area contributed by atoms with Gasteiger partial charge in [-0.1, -0.05) is 11.6 Å². The molecule has 2 amide bonds. The molecule has 2 N–H and O–H groups in total. The summed E-state index contributed by atoms with van der Waals surface area (Å²) in [6.07, 6.45) is 2.21. The number of ether oxygens (including phenoxy) is 1. The first-order valence-electron chi connectivity index (χ1n) is 8.89. The maximum Gasteiger partial charge on any atom is 0.409 e. The first-order valence-corrected chi connectivity index (χ1v) is 9.26. The van der Waals surface area contributed by atoms with E-state index in [1.54, 1.807) is 17.9 Å². The third kappa shape index (κ3) is 6.08. The zero-order valence-corrected chi connectivity index (χ0v) is 16.4. The number of nitriles is 1. The van der Waals surface area contributed by atoms with Crippen LogP contribution in [0.25, 0.3) is 0 Å². The van der Waals surface area contributed by atoms with E-state index in [-0.39, 0.29) is 34.1 Å². The summed E-state index contributed by atoms with van der Waals surface area (Å²) in [7, 11) is 0. The molecule has 10 nitrogen and oxygen atoms in total. The fourth-order valence-electron chi connectivity index (χ4n) is 2.71. The standard InChI is InChI=1S/C18H20ClN5O5/c1-2-29-18(26)23-7-5-13(6-8-23)21-11-12(10-20)17(25)22-16-9-14(24(27)28)3-4-15(16)19/h3-4,9,11,13,21H,2,5-8H2,1H3,(H,22,25)/b12-11-.